The van der Waals surface area contributed by atoms with E-state index in [0.29, 0.717) is 6.42 Å². The predicted octanol–water partition coefficient (Wildman–Crippen LogP) is 0.610. The molecule has 1 aromatic rings. The molecule has 0 aliphatic carbocycles. The summed E-state index contributed by atoms with van der Waals surface area (Å²) >= 11 is 0. The van der Waals surface area contributed by atoms with Crippen LogP contribution in [0.1, 0.15) is 19.4 Å². The van der Waals surface area contributed by atoms with Gasteiger partial charge in [-0.15, -0.1) is 0 Å². The van der Waals surface area contributed by atoms with Crippen LogP contribution in [0.2, 0.25) is 0 Å². The van der Waals surface area contributed by atoms with Crippen LogP contribution in [0.5, 0.6) is 0 Å². The molecule has 0 aromatic heterocycles. The molecule has 1 unspecified atom stereocenters. The van der Waals surface area contributed by atoms with Crippen LogP contribution < -0.4 is 11.5 Å². The zero-order chi connectivity index (χ0) is 14.4. The van der Waals surface area contributed by atoms with E-state index in [0.717, 1.165) is 5.56 Å². The summed E-state index contributed by atoms with van der Waals surface area (Å²) in [6.07, 6.45) is 0.323. The number of carbonyl (C=O) groups excluding carboxylic acids is 2. The standard InChI is InChI=1S/C14H20N2O3/c1-9(2)12(16)14(18)19-13(17)11(15)8-10-6-4-3-5-7-10/h3-7,9,11-12H,8,15-16H2,1-2H3/t11-,12?/m0/s1. The number of esters is 2. The molecule has 1 rings (SSSR count). The third-order valence-corrected chi connectivity index (χ3v) is 2.79. The Labute approximate surface area is 112 Å². The lowest BCUT2D eigenvalue weighted by atomic mass is 10.1. The van der Waals surface area contributed by atoms with E-state index >= 15 is 0 Å². The van der Waals surface area contributed by atoms with E-state index in [9.17, 15) is 9.59 Å². The molecule has 0 aliphatic rings. The van der Waals surface area contributed by atoms with Crippen molar-refractivity contribution in [2.45, 2.75) is 32.4 Å². The number of rotatable bonds is 5. The molecule has 0 amide bonds. The average molecular weight is 264 g/mol. The first-order valence-corrected chi connectivity index (χ1v) is 6.22. The Morgan fingerprint density at radius 2 is 1.68 bits per heavy atom. The second-order valence-corrected chi connectivity index (χ2v) is 4.81. The normalized spacial score (nSPS) is 13.9. The van der Waals surface area contributed by atoms with Crippen LogP contribution in [0.4, 0.5) is 0 Å². The van der Waals surface area contributed by atoms with Gasteiger partial charge in [-0.3, -0.25) is 0 Å². The topological polar surface area (TPSA) is 95.4 Å². The summed E-state index contributed by atoms with van der Waals surface area (Å²) in [6, 6.07) is 7.61. The van der Waals surface area contributed by atoms with Gasteiger partial charge in [0.1, 0.15) is 12.1 Å². The first kappa shape index (κ1) is 15.3. The molecule has 104 valence electrons. The minimum atomic E-state index is -0.870. The van der Waals surface area contributed by atoms with Crippen molar-refractivity contribution in [2.75, 3.05) is 0 Å². The summed E-state index contributed by atoms with van der Waals surface area (Å²) < 4.78 is 4.68. The Kier molecular flexibility index (Phi) is 5.66. The highest BCUT2D eigenvalue weighted by atomic mass is 16.6. The zero-order valence-corrected chi connectivity index (χ0v) is 11.2. The van der Waals surface area contributed by atoms with E-state index in [4.69, 9.17) is 11.5 Å². The average Bonchev–Trinajstić information content (AvgIpc) is 2.38. The molecule has 0 saturated carbocycles. The van der Waals surface area contributed by atoms with Crippen molar-refractivity contribution in [3.05, 3.63) is 35.9 Å². The Hall–Kier alpha value is -1.72. The third kappa shape index (κ3) is 4.81. The van der Waals surface area contributed by atoms with Gasteiger partial charge >= 0.3 is 11.9 Å². The Balaban J connectivity index is 2.52. The summed E-state index contributed by atoms with van der Waals surface area (Å²) in [4.78, 5) is 23.2. The molecule has 0 bridgehead atoms. The van der Waals surface area contributed by atoms with Crippen LogP contribution in [0.3, 0.4) is 0 Å². The van der Waals surface area contributed by atoms with Gasteiger partial charge < -0.3 is 16.2 Å². The molecule has 1 aromatic carbocycles. The summed E-state index contributed by atoms with van der Waals surface area (Å²) in [5, 5.41) is 0. The van der Waals surface area contributed by atoms with Crippen LogP contribution in [0, 0.1) is 5.92 Å². The fourth-order valence-electron chi connectivity index (χ4n) is 1.47. The molecule has 19 heavy (non-hydrogen) atoms. The second-order valence-electron chi connectivity index (χ2n) is 4.81. The number of hydrogen-bond donors (Lipinski definition) is 2. The molecule has 0 fully saturated rings. The van der Waals surface area contributed by atoms with Crippen LogP contribution in [-0.2, 0) is 20.7 Å². The molecule has 0 aliphatic heterocycles. The highest BCUT2D eigenvalue weighted by Crippen LogP contribution is 2.05. The molecule has 0 radical (unpaired) electrons. The summed E-state index contributed by atoms with van der Waals surface area (Å²) in [5.74, 6) is -1.57. The zero-order valence-electron chi connectivity index (χ0n) is 11.2. The van der Waals surface area contributed by atoms with E-state index in [1.807, 2.05) is 30.3 Å². The van der Waals surface area contributed by atoms with Crippen molar-refractivity contribution in [2.24, 2.45) is 17.4 Å². The van der Waals surface area contributed by atoms with Crippen molar-refractivity contribution in [3.8, 4) is 0 Å². The molecule has 4 N–H and O–H groups in total. The van der Waals surface area contributed by atoms with Crippen molar-refractivity contribution in [1.29, 1.82) is 0 Å². The van der Waals surface area contributed by atoms with Gasteiger partial charge in [0, 0.05) is 0 Å². The van der Waals surface area contributed by atoms with E-state index in [-0.39, 0.29) is 5.92 Å². The van der Waals surface area contributed by atoms with Gasteiger partial charge in [0.15, 0.2) is 0 Å². The summed E-state index contributed by atoms with van der Waals surface area (Å²) in [5.41, 5.74) is 12.2. The molecule has 0 saturated heterocycles. The molecule has 5 nitrogen and oxygen atoms in total. The maximum atomic E-state index is 11.7. The van der Waals surface area contributed by atoms with Gasteiger partial charge in [-0.2, -0.15) is 0 Å². The van der Waals surface area contributed by atoms with E-state index in [1.165, 1.54) is 0 Å². The van der Waals surface area contributed by atoms with Gasteiger partial charge in [-0.25, -0.2) is 9.59 Å². The lowest BCUT2D eigenvalue weighted by Gasteiger charge is -2.15. The minimum Gasteiger partial charge on any atom is -0.391 e. The molecule has 0 spiro atoms. The summed E-state index contributed by atoms with van der Waals surface area (Å²) in [6.45, 7) is 3.56. The maximum Gasteiger partial charge on any atom is 0.330 e. The molecular formula is C14H20N2O3. The predicted molar refractivity (Wildman–Crippen MR) is 72.0 cm³/mol. The van der Waals surface area contributed by atoms with Crippen molar-refractivity contribution < 1.29 is 14.3 Å². The van der Waals surface area contributed by atoms with Crippen molar-refractivity contribution >= 4 is 11.9 Å². The van der Waals surface area contributed by atoms with Crippen molar-refractivity contribution in [3.63, 3.8) is 0 Å². The van der Waals surface area contributed by atoms with E-state index in [1.54, 1.807) is 13.8 Å². The summed E-state index contributed by atoms with van der Waals surface area (Å²) in [7, 11) is 0. The first-order chi connectivity index (χ1) is 8.91. The smallest absolute Gasteiger partial charge is 0.330 e. The van der Waals surface area contributed by atoms with E-state index < -0.39 is 24.0 Å². The molecule has 5 heteroatoms. The number of nitrogens with two attached hydrogens (primary N) is 2. The van der Waals surface area contributed by atoms with Crippen LogP contribution in [-0.4, -0.2) is 24.0 Å². The van der Waals surface area contributed by atoms with Crippen molar-refractivity contribution in [1.82, 2.24) is 0 Å². The highest BCUT2D eigenvalue weighted by Gasteiger charge is 2.25. The number of hydrogen-bond acceptors (Lipinski definition) is 5. The quantitative estimate of drug-likeness (QED) is 0.600. The number of ether oxygens (including phenoxy) is 1. The van der Waals surface area contributed by atoms with Crippen LogP contribution in [0.25, 0.3) is 0 Å². The largest absolute Gasteiger partial charge is 0.391 e. The maximum absolute atomic E-state index is 11.7. The Morgan fingerprint density at radius 1 is 1.11 bits per heavy atom. The van der Waals surface area contributed by atoms with Gasteiger partial charge in [0.25, 0.3) is 0 Å². The molecule has 0 heterocycles. The van der Waals surface area contributed by atoms with Gasteiger partial charge in [0.05, 0.1) is 0 Å². The SMILES string of the molecule is CC(C)C(N)C(=O)OC(=O)[C@@H](N)Cc1ccccc1. The monoisotopic (exact) mass is 264 g/mol. The highest BCUT2D eigenvalue weighted by molar-refractivity contribution is 5.90. The molecule has 2 atom stereocenters. The third-order valence-electron chi connectivity index (χ3n) is 2.79. The lowest BCUT2D eigenvalue weighted by molar-refractivity contribution is -0.162. The Bertz CT molecular complexity index is 432. The number of carbonyl (C=O) groups is 2. The fraction of sp³-hybridized carbons (Fsp3) is 0.429. The van der Waals surface area contributed by atoms with Gasteiger partial charge in [-0.1, -0.05) is 44.2 Å². The number of benzene rings is 1. The lowest BCUT2D eigenvalue weighted by Crippen LogP contribution is -2.42. The first-order valence-electron chi connectivity index (χ1n) is 6.22. The van der Waals surface area contributed by atoms with Gasteiger partial charge in [0.2, 0.25) is 0 Å². The van der Waals surface area contributed by atoms with Crippen LogP contribution in [0.15, 0.2) is 30.3 Å². The van der Waals surface area contributed by atoms with E-state index in [2.05, 4.69) is 4.74 Å². The Morgan fingerprint density at radius 3 is 2.21 bits per heavy atom. The minimum absolute atomic E-state index is 0.0920. The fourth-order valence-corrected chi connectivity index (χ4v) is 1.47. The van der Waals surface area contributed by atoms with Gasteiger partial charge in [-0.05, 0) is 17.9 Å². The molecular weight excluding hydrogens is 244 g/mol. The van der Waals surface area contributed by atoms with Crippen LogP contribution >= 0.6 is 0 Å². The second kappa shape index (κ2) is 7.01.